The fourth-order valence-electron chi connectivity index (χ4n) is 1.88. The summed E-state index contributed by atoms with van der Waals surface area (Å²) < 4.78 is 2.16. The van der Waals surface area contributed by atoms with Gasteiger partial charge in [0.15, 0.2) is 0 Å². The highest BCUT2D eigenvalue weighted by Crippen LogP contribution is 2.17. The first-order valence-electron chi connectivity index (χ1n) is 5.31. The fourth-order valence-corrected chi connectivity index (χ4v) is 1.88. The van der Waals surface area contributed by atoms with Crippen molar-refractivity contribution in [1.82, 2.24) is 9.55 Å². The van der Waals surface area contributed by atoms with Gasteiger partial charge in [-0.1, -0.05) is 24.6 Å². The average Bonchev–Trinajstić information content (AvgIpc) is 2.65. The van der Waals surface area contributed by atoms with Gasteiger partial charge in [0.25, 0.3) is 0 Å². The molecule has 0 aliphatic rings. The molecule has 0 bridgehead atoms. The van der Waals surface area contributed by atoms with Gasteiger partial charge in [-0.2, -0.15) is 0 Å². The SMILES string of the molecule is CCc1cncn1-c1ccc(C)cc1C. The lowest BCUT2D eigenvalue weighted by Gasteiger charge is -2.10. The van der Waals surface area contributed by atoms with E-state index in [1.165, 1.54) is 22.5 Å². The molecule has 0 fully saturated rings. The maximum absolute atomic E-state index is 4.20. The third kappa shape index (κ3) is 1.80. The van der Waals surface area contributed by atoms with E-state index in [-0.39, 0.29) is 0 Å². The van der Waals surface area contributed by atoms with E-state index in [0.29, 0.717) is 0 Å². The van der Waals surface area contributed by atoms with E-state index in [1.54, 1.807) is 0 Å². The molecule has 1 aromatic carbocycles. The topological polar surface area (TPSA) is 17.8 Å². The molecular formula is C13H16N2. The number of hydrogen-bond acceptors (Lipinski definition) is 1. The maximum atomic E-state index is 4.20. The molecule has 2 heteroatoms. The predicted octanol–water partition coefficient (Wildman–Crippen LogP) is 3.05. The third-order valence-corrected chi connectivity index (χ3v) is 2.69. The quantitative estimate of drug-likeness (QED) is 0.728. The lowest BCUT2D eigenvalue weighted by atomic mass is 10.1. The highest BCUT2D eigenvalue weighted by atomic mass is 15.0. The minimum Gasteiger partial charge on any atom is -0.303 e. The first-order valence-corrected chi connectivity index (χ1v) is 5.31. The molecule has 0 spiro atoms. The number of aryl methyl sites for hydroxylation is 3. The van der Waals surface area contributed by atoms with Crippen molar-refractivity contribution in [3.05, 3.63) is 47.5 Å². The number of benzene rings is 1. The molecule has 2 nitrogen and oxygen atoms in total. The summed E-state index contributed by atoms with van der Waals surface area (Å²) in [6.45, 7) is 6.41. The maximum Gasteiger partial charge on any atom is 0.0994 e. The van der Waals surface area contributed by atoms with Crippen LogP contribution in [0.1, 0.15) is 23.7 Å². The van der Waals surface area contributed by atoms with Crippen LogP contribution >= 0.6 is 0 Å². The highest BCUT2D eigenvalue weighted by Gasteiger charge is 2.04. The minimum atomic E-state index is 1.01. The Morgan fingerprint density at radius 3 is 2.73 bits per heavy atom. The average molecular weight is 200 g/mol. The molecule has 2 rings (SSSR count). The lowest BCUT2D eigenvalue weighted by Crippen LogP contribution is -2.00. The van der Waals surface area contributed by atoms with E-state index >= 15 is 0 Å². The first-order chi connectivity index (χ1) is 7.22. The van der Waals surface area contributed by atoms with Gasteiger partial charge in [0, 0.05) is 17.6 Å². The molecule has 0 atom stereocenters. The minimum absolute atomic E-state index is 1.01. The Kier molecular flexibility index (Phi) is 2.58. The van der Waals surface area contributed by atoms with Crippen LogP contribution in [0.25, 0.3) is 5.69 Å². The largest absolute Gasteiger partial charge is 0.303 e. The molecular weight excluding hydrogens is 184 g/mol. The van der Waals surface area contributed by atoms with Crippen LogP contribution in [0.3, 0.4) is 0 Å². The van der Waals surface area contributed by atoms with Crippen molar-refractivity contribution in [3.63, 3.8) is 0 Å². The molecule has 2 aromatic rings. The fraction of sp³-hybridized carbons (Fsp3) is 0.308. The van der Waals surface area contributed by atoms with E-state index in [1.807, 2.05) is 12.5 Å². The number of imidazole rings is 1. The third-order valence-electron chi connectivity index (χ3n) is 2.69. The zero-order valence-electron chi connectivity index (χ0n) is 9.49. The summed E-state index contributed by atoms with van der Waals surface area (Å²) in [5.41, 5.74) is 5.08. The Bertz CT molecular complexity index is 469. The van der Waals surface area contributed by atoms with E-state index in [9.17, 15) is 0 Å². The van der Waals surface area contributed by atoms with Crippen LogP contribution in [0.15, 0.2) is 30.7 Å². The number of hydrogen-bond donors (Lipinski definition) is 0. The van der Waals surface area contributed by atoms with Crippen molar-refractivity contribution in [2.75, 3.05) is 0 Å². The Balaban J connectivity index is 2.54. The molecule has 0 radical (unpaired) electrons. The second-order valence-corrected chi connectivity index (χ2v) is 3.90. The zero-order valence-corrected chi connectivity index (χ0v) is 9.49. The molecule has 0 N–H and O–H groups in total. The smallest absolute Gasteiger partial charge is 0.0994 e. The Hall–Kier alpha value is -1.57. The van der Waals surface area contributed by atoms with Crippen LogP contribution in [0.2, 0.25) is 0 Å². The standard InChI is InChI=1S/C13H16N2/c1-4-12-8-14-9-15(12)13-6-5-10(2)7-11(13)3/h5-9H,4H2,1-3H3. The van der Waals surface area contributed by atoms with Crippen molar-refractivity contribution in [3.8, 4) is 5.69 Å². The highest BCUT2D eigenvalue weighted by molar-refractivity contribution is 5.43. The summed E-state index contributed by atoms with van der Waals surface area (Å²) in [4.78, 5) is 4.20. The van der Waals surface area contributed by atoms with Gasteiger partial charge in [-0.15, -0.1) is 0 Å². The Morgan fingerprint density at radius 1 is 1.27 bits per heavy atom. The van der Waals surface area contributed by atoms with Crippen molar-refractivity contribution in [2.24, 2.45) is 0 Å². The molecule has 0 aliphatic heterocycles. The molecule has 0 saturated heterocycles. The van der Waals surface area contributed by atoms with Crippen molar-refractivity contribution < 1.29 is 0 Å². The van der Waals surface area contributed by atoms with Crippen molar-refractivity contribution in [1.29, 1.82) is 0 Å². The van der Waals surface area contributed by atoms with Crippen LogP contribution in [0.5, 0.6) is 0 Å². The van der Waals surface area contributed by atoms with E-state index < -0.39 is 0 Å². The van der Waals surface area contributed by atoms with Gasteiger partial charge in [-0.3, -0.25) is 0 Å². The summed E-state index contributed by atoms with van der Waals surface area (Å²) in [6, 6.07) is 6.50. The van der Waals surface area contributed by atoms with Gasteiger partial charge in [0.1, 0.15) is 0 Å². The summed E-state index contributed by atoms with van der Waals surface area (Å²) in [6.07, 6.45) is 4.82. The molecule has 0 saturated carbocycles. The molecule has 0 amide bonds. The second-order valence-electron chi connectivity index (χ2n) is 3.90. The zero-order chi connectivity index (χ0) is 10.8. The lowest BCUT2D eigenvalue weighted by molar-refractivity contribution is 0.925. The number of aromatic nitrogens is 2. The summed E-state index contributed by atoms with van der Waals surface area (Å²) in [7, 11) is 0. The van der Waals surface area contributed by atoms with Crippen LogP contribution < -0.4 is 0 Å². The van der Waals surface area contributed by atoms with E-state index in [4.69, 9.17) is 0 Å². The predicted molar refractivity (Wildman–Crippen MR) is 62.4 cm³/mol. The Morgan fingerprint density at radius 2 is 2.07 bits per heavy atom. The van der Waals surface area contributed by atoms with Gasteiger partial charge < -0.3 is 4.57 Å². The summed E-state index contributed by atoms with van der Waals surface area (Å²) >= 11 is 0. The van der Waals surface area contributed by atoms with E-state index in [0.717, 1.165) is 6.42 Å². The summed E-state index contributed by atoms with van der Waals surface area (Å²) in [5, 5.41) is 0. The van der Waals surface area contributed by atoms with Gasteiger partial charge in [-0.25, -0.2) is 4.98 Å². The van der Waals surface area contributed by atoms with Crippen LogP contribution in [0, 0.1) is 13.8 Å². The number of rotatable bonds is 2. The monoisotopic (exact) mass is 200 g/mol. The van der Waals surface area contributed by atoms with Crippen molar-refractivity contribution >= 4 is 0 Å². The molecule has 1 aromatic heterocycles. The molecule has 0 unspecified atom stereocenters. The van der Waals surface area contributed by atoms with Gasteiger partial charge in [-0.05, 0) is 31.9 Å². The van der Waals surface area contributed by atoms with Crippen LogP contribution in [0.4, 0.5) is 0 Å². The molecule has 1 heterocycles. The van der Waals surface area contributed by atoms with Crippen molar-refractivity contribution in [2.45, 2.75) is 27.2 Å². The van der Waals surface area contributed by atoms with Gasteiger partial charge >= 0.3 is 0 Å². The second kappa shape index (κ2) is 3.89. The normalized spacial score (nSPS) is 10.6. The van der Waals surface area contributed by atoms with Crippen LogP contribution in [-0.4, -0.2) is 9.55 Å². The van der Waals surface area contributed by atoms with Crippen LogP contribution in [-0.2, 0) is 6.42 Å². The van der Waals surface area contributed by atoms with Gasteiger partial charge in [0.05, 0.1) is 6.33 Å². The van der Waals surface area contributed by atoms with Gasteiger partial charge in [0.2, 0.25) is 0 Å². The van der Waals surface area contributed by atoms with E-state index in [2.05, 4.69) is 48.5 Å². The molecule has 15 heavy (non-hydrogen) atoms. The summed E-state index contributed by atoms with van der Waals surface area (Å²) in [5.74, 6) is 0. The molecule has 0 aliphatic carbocycles. The number of nitrogens with zero attached hydrogens (tertiary/aromatic N) is 2. The molecule has 78 valence electrons. The Labute approximate surface area is 90.6 Å². The first kappa shape index (κ1) is 9.97.